The van der Waals surface area contributed by atoms with E-state index in [0.717, 1.165) is 5.56 Å². The maximum absolute atomic E-state index is 12.3. The predicted molar refractivity (Wildman–Crippen MR) is 81.6 cm³/mol. The van der Waals surface area contributed by atoms with Crippen molar-refractivity contribution in [3.8, 4) is 0 Å². The quantitative estimate of drug-likeness (QED) is 0.757. The zero-order valence-electron chi connectivity index (χ0n) is 11.6. The van der Waals surface area contributed by atoms with Crippen LogP contribution in [-0.2, 0) is 16.6 Å². The number of rotatable bonds is 6. The van der Waals surface area contributed by atoms with Crippen LogP contribution in [0, 0.1) is 0 Å². The second kappa shape index (κ2) is 6.55. The normalized spacial score (nSPS) is 11.1. The standard InChI is InChI=1S/C14H17N3O3S/c1-2-15-14-9-13(7-8-16-14)21(19,20)17-12-5-3-11(10-18)4-6-12/h3-9,17-18H,2,10H2,1H3,(H,15,16). The maximum atomic E-state index is 12.3. The summed E-state index contributed by atoms with van der Waals surface area (Å²) in [6.07, 6.45) is 1.45. The van der Waals surface area contributed by atoms with Gasteiger partial charge in [-0.1, -0.05) is 12.1 Å². The highest BCUT2D eigenvalue weighted by Crippen LogP contribution is 2.18. The van der Waals surface area contributed by atoms with E-state index in [-0.39, 0.29) is 11.5 Å². The third-order valence-corrected chi connectivity index (χ3v) is 4.17. The molecule has 0 atom stereocenters. The highest BCUT2D eigenvalue weighted by atomic mass is 32.2. The minimum atomic E-state index is -3.67. The minimum absolute atomic E-state index is 0.0799. The van der Waals surface area contributed by atoms with Gasteiger partial charge in [0.2, 0.25) is 0 Å². The first-order valence-electron chi connectivity index (χ1n) is 6.47. The van der Waals surface area contributed by atoms with Crippen molar-refractivity contribution in [1.82, 2.24) is 4.98 Å². The Morgan fingerprint density at radius 3 is 2.52 bits per heavy atom. The van der Waals surface area contributed by atoms with Gasteiger partial charge in [0.15, 0.2) is 0 Å². The summed E-state index contributed by atoms with van der Waals surface area (Å²) >= 11 is 0. The van der Waals surface area contributed by atoms with Gasteiger partial charge in [0, 0.05) is 24.5 Å². The van der Waals surface area contributed by atoms with E-state index in [4.69, 9.17) is 5.11 Å². The van der Waals surface area contributed by atoms with Gasteiger partial charge in [0.05, 0.1) is 11.5 Å². The lowest BCUT2D eigenvalue weighted by atomic mass is 10.2. The molecule has 0 radical (unpaired) electrons. The number of benzene rings is 1. The van der Waals surface area contributed by atoms with Crippen molar-refractivity contribution in [2.45, 2.75) is 18.4 Å². The van der Waals surface area contributed by atoms with Crippen LogP contribution in [0.2, 0.25) is 0 Å². The SMILES string of the molecule is CCNc1cc(S(=O)(=O)Nc2ccc(CO)cc2)ccn1. The second-order valence-corrected chi connectivity index (χ2v) is 6.05. The topological polar surface area (TPSA) is 91.3 Å². The summed E-state index contributed by atoms with van der Waals surface area (Å²) < 4.78 is 27.1. The molecule has 0 aliphatic heterocycles. The fourth-order valence-electron chi connectivity index (χ4n) is 1.75. The van der Waals surface area contributed by atoms with Crippen molar-refractivity contribution in [2.24, 2.45) is 0 Å². The third-order valence-electron chi connectivity index (χ3n) is 2.79. The number of sulfonamides is 1. The summed E-state index contributed by atoms with van der Waals surface area (Å²) in [6.45, 7) is 2.49. The van der Waals surface area contributed by atoms with Gasteiger partial charge in [-0.3, -0.25) is 4.72 Å². The third kappa shape index (κ3) is 3.93. The summed E-state index contributed by atoms with van der Waals surface area (Å²) in [5, 5.41) is 11.9. The molecule has 0 fully saturated rings. The molecule has 1 heterocycles. The number of nitrogens with one attached hydrogen (secondary N) is 2. The predicted octanol–water partition coefficient (Wildman–Crippen LogP) is 1.81. The second-order valence-electron chi connectivity index (χ2n) is 4.37. The number of hydrogen-bond donors (Lipinski definition) is 3. The van der Waals surface area contributed by atoms with Crippen LogP contribution >= 0.6 is 0 Å². The maximum Gasteiger partial charge on any atom is 0.262 e. The van der Waals surface area contributed by atoms with E-state index >= 15 is 0 Å². The summed E-state index contributed by atoms with van der Waals surface area (Å²) in [6, 6.07) is 9.45. The van der Waals surface area contributed by atoms with Crippen molar-refractivity contribution >= 4 is 21.5 Å². The first-order chi connectivity index (χ1) is 10.0. The van der Waals surface area contributed by atoms with Gasteiger partial charge in [-0.2, -0.15) is 0 Å². The van der Waals surface area contributed by atoms with E-state index < -0.39 is 10.0 Å². The average Bonchev–Trinajstić information content (AvgIpc) is 2.48. The molecule has 6 nitrogen and oxygen atoms in total. The van der Waals surface area contributed by atoms with Crippen LogP contribution in [0.15, 0.2) is 47.5 Å². The highest BCUT2D eigenvalue weighted by Gasteiger charge is 2.15. The van der Waals surface area contributed by atoms with Gasteiger partial charge in [-0.15, -0.1) is 0 Å². The molecule has 0 spiro atoms. The van der Waals surface area contributed by atoms with E-state index in [0.29, 0.717) is 18.1 Å². The summed E-state index contributed by atoms with van der Waals surface area (Å²) in [7, 11) is -3.67. The fourth-order valence-corrected chi connectivity index (χ4v) is 2.82. The van der Waals surface area contributed by atoms with Crippen molar-refractivity contribution in [3.05, 3.63) is 48.2 Å². The van der Waals surface area contributed by atoms with Gasteiger partial charge in [0.25, 0.3) is 10.0 Å². The smallest absolute Gasteiger partial charge is 0.262 e. The van der Waals surface area contributed by atoms with E-state index in [1.807, 2.05) is 6.92 Å². The number of aromatic nitrogens is 1. The van der Waals surface area contributed by atoms with Crippen LogP contribution < -0.4 is 10.0 Å². The molecular weight excluding hydrogens is 290 g/mol. The Kier molecular flexibility index (Phi) is 4.77. The van der Waals surface area contributed by atoms with Gasteiger partial charge >= 0.3 is 0 Å². The Labute approximate surface area is 123 Å². The Bertz CT molecular complexity index is 700. The first kappa shape index (κ1) is 15.3. The van der Waals surface area contributed by atoms with Gasteiger partial charge < -0.3 is 10.4 Å². The Hall–Kier alpha value is -2.12. The zero-order valence-corrected chi connectivity index (χ0v) is 12.4. The first-order valence-corrected chi connectivity index (χ1v) is 7.96. The largest absolute Gasteiger partial charge is 0.392 e. The number of nitrogens with zero attached hydrogens (tertiary/aromatic N) is 1. The molecule has 3 N–H and O–H groups in total. The molecule has 2 rings (SSSR count). The molecule has 21 heavy (non-hydrogen) atoms. The molecule has 0 unspecified atom stereocenters. The van der Waals surface area contributed by atoms with Gasteiger partial charge in [-0.05, 0) is 30.7 Å². The molecule has 2 aromatic rings. The lowest BCUT2D eigenvalue weighted by Crippen LogP contribution is -2.13. The van der Waals surface area contributed by atoms with Crippen LogP contribution in [0.1, 0.15) is 12.5 Å². The molecule has 0 bridgehead atoms. The number of aliphatic hydroxyl groups excluding tert-OH is 1. The minimum Gasteiger partial charge on any atom is -0.392 e. The van der Waals surface area contributed by atoms with E-state index in [2.05, 4.69) is 15.0 Å². The van der Waals surface area contributed by atoms with Crippen molar-refractivity contribution < 1.29 is 13.5 Å². The van der Waals surface area contributed by atoms with E-state index in [9.17, 15) is 8.42 Å². The van der Waals surface area contributed by atoms with E-state index in [1.165, 1.54) is 18.3 Å². The summed E-state index contributed by atoms with van der Waals surface area (Å²) in [5.74, 6) is 0.510. The molecule has 112 valence electrons. The van der Waals surface area contributed by atoms with Crippen LogP contribution in [0.3, 0.4) is 0 Å². The van der Waals surface area contributed by atoms with Crippen LogP contribution in [-0.4, -0.2) is 25.1 Å². The highest BCUT2D eigenvalue weighted by molar-refractivity contribution is 7.92. The number of anilines is 2. The number of pyridine rings is 1. The van der Waals surface area contributed by atoms with Crippen molar-refractivity contribution in [3.63, 3.8) is 0 Å². The lowest BCUT2D eigenvalue weighted by molar-refractivity contribution is 0.282. The molecule has 7 heteroatoms. The number of aliphatic hydroxyl groups is 1. The Morgan fingerprint density at radius 1 is 1.19 bits per heavy atom. The molecule has 0 saturated heterocycles. The van der Waals surface area contributed by atoms with E-state index in [1.54, 1.807) is 24.3 Å². The monoisotopic (exact) mass is 307 g/mol. The van der Waals surface area contributed by atoms with Crippen LogP contribution in [0.4, 0.5) is 11.5 Å². The lowest BCUT2D eigenvalue weighted by Gasteiger charge is -2.10. The Balaban J connectivity index is 2.22. The van der Waals surface area contributed by atoms with Crippen LogP contribution in [0.5, 0.6) is 0 Å². The van der Waals surface area contributed by atoms with Gasteiger partial charge in [0.1, 0.15) is 5.82 Å². The molecule has 1 aromatic heterocycles. The zero-order chi connectivity index (χ0) is 15.3. The fraction of sp³-hybridized carbons (Fsp3) is 0.214. The average molecular weight is 307 g/mol. The number of hydrogen-bond acceptors (Lipinski definition) is 5. The molecule has 0 amide bonds. The van der Waals surface area contributed by atoms with Crippen LogP contribution in [0.25, 0.3) is 0 Å². The molecule has 0 saturated carbocycles. The molecule has 0 aliphatic rings. The Morgan fingerprint density at radius 2 is 1.90 bits per heavy atom. The van der Waals surface area contributed by atoms with Crippen molar-refractivity contribution in [2.75, 3.05) is 16.6 Å². The molecule has 1 aromatic carbocycles. The van der Waals surface area contributed by atoms with Gasteiger partial charge in [-0.25, -0.2) is 13.4 Å². The summed E-state index contributed by atoms with van der Waals surface area (Å²) in [5.41, 5.74) is 1.16. The molecular formula is C14H17N3O3S. The van der Waals surface area contributed by atoms with Crippen molar-refractivity contribution in [1.29, 1.82) is 0 Å². The summed E-state index contributed by atoms with van der Waals surface area (Å²) in [4.78, 5) is 4.18. The molecule has 0 aliphatic carbocycles.